The lowest BCUT2D eigenvalue weighted by molar-refractivity contribution is 0.169. The maximum Gasteiger partial charge on any atom is 0.175 e. The van der Waals surface area contributed by atoms with Crippen LogP contribution in [0.2, 0.25) is 0 Å². The lowest BCUT2D eigenvalue weighted by Gasteiger charge is -2.45. The molecular weight excluding hydrogens is 246 g/mol. The zero-order valence-corrected chi connectivity index (χ0v) is 12.0. The summed E-state index contributed by atoms with van der Waals surface area (Å²) in [6.07, 6.45) is 3.55. The van der Waals surface area contributed by atoms with Crippen LogP contribution in [0, 0.1) is 5.92 Å². The Morgan fingerprint density at radius 3 is 2.33 bits per heavy atom. The van der Waals surface area contributed by atoms with Crippen LogP contribution in [0.1, 0.15) is 31.2 Å². The lowest BCUT2D eigenvalue weighted by Crippen LogP contribution is -2.47. The van der Waals surface area contributed by atoms with E-state index in [9.17, 15) is 8.42 Å². The Kier molecular flexibility index (Phi) is 3.78. The van der Waals surface area contributed by atoms with Gasteiger partial charge in [0, 0.05) is 12.3 Å². The van der Waals surface area contributed by atoms with Crippen molar-refractivity contribution in [2.24, 2.45) is 5.92 Å². The summed E-state index contributed by atoms with van der Waals surface area (Å²) in [4.78, 5) is 0.406. The van der Waals surface area contributed by atoms with Gasteiger partial charge < -0.3 is 5.32 Å². The van der Waals surface area contributed by atoms with Crippen molar-refractivity contribution >= 4 is 9.84 Å². The summed E-state index contributed by atoms with van der Waals surface area (Å²) >= 11 is 0. The molecule has 100 valence electrons. The highest BCUT2D eigenvalue weighted by atomic mass is 32.2. The number of rotatable bonds is 4. The van der Waals surface area contributed by atoms with E-state index in [1.807, 2.05) is 19.2 Å². The molecule has 3 unspecified atom stereocenters. The van der Waals surface area contributed by atoms with Gasteiger partial charge in [-0.15, -0.1) is 0 Å². The number of hydrogen-bond acceptors (Lipinski definition) is 3. The van der Waals surface area contributed by atoms with Gasteiger partial charge in [0.2, 0.25) is 0 Å². The van der Waals surface area contributed by atoms with E-state index in [4.69, 9.17) is 0 Å². The largest absolute Gasteiger partial charge is 0.317 e. The summed E-state index contributed by atoms with van der Waals surface area (Å²) in [6, 6.07) is 7.99. The van der Waals surface area contributed by atoms with Gasteiger partial charge in [0.05, 0.1) is 4.90 Å². The Morgan fingerprint density at radius 2 is 1.89 bits per heavy atom. The Hall–Kier alpha value is -0.870. The Bertz CT molecular complexity index is 507. The summed E-state index contributed by atoms with van der Waals surface area (Å²) in [5.74, 6) is 1.24. The molecule has 1 fully saturated rings. The minimum Gasteiger partial charge on any atom is -0.317 e. The van der Waals surface area contributed by atoms with Crippen LogP contribution in [-0.2, 0) is 9.84 Å². The molecule has 3 nitrogen and oxygen atoms in total. The fourth-order valence-corrected chi connectivity index (χ4v) is 3.58. The highest BCUT2D eigenvalue weighted by Crippen LogP contribution is 2.44. The first-order chi connectivity index (χ1) is 8.47. The Morgan fingerprint density at radius 1 is 1.28 bits per heavy atom. The summed E-state index contributed by atoms with van der Waals surface area (Å²) in [5.41, 5.74) is 1.26. The molecule has 0 spiro atoms. The molecule has 0 bridgehead atoms. The number of nitrogens with one attached hydrogen (secondary N) is 1. The summed E-state index contributed by atoms with van der Waals surface area (Å²) in [5, 5.41) is 3.34. The molecule has 18 heavy (non-hydrogen) atoms. The molecule has 0 heterocycles. The normalized spacial score (nSPS) is 27.8. The van der Waals surface area contributed by atoms with Crippen molar-refractivity contribution in [3.63, 3.8) is 0 Å². The number of hydrogen-bond donors (Lipinski definition) is 1. The molecule has 0 aliphatic heterocycles. The van der Waals surface area contributed by atoms with Crippen molar-refractivity contribution in [3.8, 4) is 0 Å². The van der Waals surface area contributed by atoms with E-state index >= 15 is 0 Å². The second-order valence-corrected chi connectivity index (χ2v) is 7.17. The van der Waals surface area contributed by atoms with E-state index in [0.29, 0.717) is 22.8 Å². The maximum atomic E-state index is 11.4. The number of benzene rings is 1. The monoisotopic (exact) mass is 267 g/mol. The quantitative estimate of drug-likeness (QED) is 0.909. The van der Waals surface area contributed by atoms with Crippen LogP contribution in [0.15, 0.2) is 29.2 Å². The molecule has 0 saturated heterocycles. The zero-order chi connectivity index (χ0) is 13.3. The van der Waals surface area contributed by atoms with Gasteiger partial charge in [-0.2, -0.15) is 0 Å². The van der Waals surface area contributed by atoms with Crippen LogP contribution in [-0.4, -0.2) is 27.8 Å². The van der Waals surface area contributed by atoms with E-state index in [-0.39, 0.29) is 0 Å². The third-order valence-electron chi connectivity index (χ3n) is 4.12. The molecule has 2 rings (SSSR count). The van der Waals surface area contributed by atoms with Gasteiger partial charge in [-0.1, -0.05) is 25.5 Å². The Labute approximate surface area is 110 Å². The topological polar surface area (TPSA) is 46.2 Å². The molecule has 1 aliphatic carbocycles. The SMILES string of the molecule is CCC1C(NC)CC1c1ccc(S(C)(=O)=O)cc1. The molecule has 1 N–H and O–H groups in total. The second-order valence-electron chi connectivity index (χ2n) is 5.15. The van der Waals surface area contributed by atoms with Gasteiger partial charge >= 0.3 is 0 Å². The van der Waals surface area contributed by atoms with E-state index in [2.05, 4.69) is 12.2 Å². The predicted octanol–water partition coefficient (Wildman–Crippen LogP) is 2.19. The first-order valence-electron chi connectivity index (χ1n) is 6.44. The van der Waals surface area contributed by atoms with Crippen molar-refractivity contribution in [1.29, 1.82) is 0 Å². The summed E-state index contributed by atoms with van der Waals surface area (Å²) in [7, 11) is -1.07. The zero-order valence-electron chi connectivity index (χ0n) is 11.2. The molecule has 1 aromatic carbocycles. The highest BCUT2D eigenvalue weighted by molar-refractivity contribution is 7.90. The third kappa shape index (κ3) is 2.45. The van der Waals surface area contributed by atoms with Gasteiger partial charge in [-0.25, -0.2) is 8.42 Å². The van der Waals surface area contributed by atoms with Gasteiger partial charge in [-0.3, -0.25) is 0 Å². The molecule has 1 saturated carbocycles. The average molecular weight is 267 g/mol. The molecule has 0 amide bonds. The van der Waals surface area contributed by atoms with Crippen LogP contribution in [0.5, 0.6) is 0 Å². The van der Waals surface area contributed by atoms with Crippen molar-refractivity contribution in [2.45, 2.75) is 36.6 Å². The molecule has 0 aromatic heterocycles. The first kappa shape index (κ1) is 13.6. The van der Waals surface area contributed by atoms with Crippen LogP contribution >= 0.6 is 0 Å². The van der Waals surface area contributed by atoms with Gasteiger partial charge in [0.1, 0.15) is 0 Å². The molecule has 4 heteroatoms. The highest BCUT2D eigenvalue weighted by Gasteiger charge is 2.39. The predicted molar refractivity (Wildman–Crippen MR) is 73.5 cm³/mol. The van der Waals surface area contributed by atoms with Crippen molar-refractivity contribution in [2.75, 3.05) is 13.3 Å². The lowest BCUT2D eigenvalue weighted by atomic mass is 9.65. The van der Waals surface area contributed by atoms with Crippen molar-refractivity contribution in [1.82, 2.24) is 5.32 Å². The summed E-state index contributed by atoms with van der Waals surface area (Å²) < 4.78 is 22.8. The minimum atomic E-state index is -3.08. The summed E-state index contributed by atoms with van der Waals surface area (Å²) in [6.45, 7) is 2.21. The molecular formula is C14H21NO2S. The first-order valence-corrected chi connectivity index (χ1v) is 8.33. The fraction of sp³-hybridized carbons (Fsp3) is 0.571. The third-order valence-corrected chi connectivity index (χ3v) is 5.25. The van der Waals surface area contributed by atoms with Gasteiger partial charge in [0.15, 0.2) is 9.84 Å². The van der Waals surface area contributed by atoms with Crippen LogP contribution in [0.4, 0.5) is 0 Å². The van der Waals surface area contributed by atoms with Crippen LogP contribution in [0.3, 0.4) is 0 Å². The molecule has 1 aromatic rings. The fourth-order valence-electron chi connectivity index (χ4n) is 2.95. The molecule has 1 aliphatic rings. The van der Waals surface area contributed by atoms with E-state index < -0.39 is 9.84 Å². The standard InChI is InChI=1S/C14H21NO2S/c1-4-12-13(9-14(12)15-2)10-5-7-11(8-6-10)18(3,16)17/h5-8,12-15H,4,9H2,1-3H3. The number of sulfone groups is 1. The minimum absolute atomic E-state index is 0.406. The van der Waals surface area contributed by atoms with Crippen molar-refractivity contribution in [3.05, 3.63) is 29.8 Å². The molecule has 0 radical (unpaired) electrons. The average Bonchev–Trinajstić information content (AvgIpc) is 2.28. The van der Waals surface area contributed by atoms with Gasteiger partial charge in [0.25, 0.3) is 0 Å². The molecule has 3 atom stereocenters. The van der Waals surface area contributed by atoms with Crippen LogP contribution < -0.4 is 5.32 Å². The van der Waals surface area contributed by atoms with E-state index in [1.54, 1.807) is 12.1 Å². The van der Waals surface area contributed by atoms with E-state index in [1.165, 1.54) is 11.8 Å². The smallest absolute Gasteiger partial charge is 0.175 e. The van der Waals surface area contributed by atoms with Gasteiger partial charge in [-0.05, 0) is 43.0 Å². The van der Waals surface area contributed by atoms with Crippen molar-refractivity contribution < 1.29 is 8.42 Å². The van der Waals surface area contributed by atoms with Crippen LogP contribution in [0.25, 0.3) is 0 Å². The second kappa shape index (κ2) is 5.02. The van der Waals surface area contributed by atoms with E-state index in [0.717, 1.165) is 12.8 Å². The maximum absolute atomic E-state index is 11.4. The Balaban J connectivity index is 2.16.